The molecule has 0 aromatic heterocycles. The van der Waals surface area contributed by atoms with Crippen LogP contribution in [0, 0.1) is 5.92 Å². The fourth-order valence-electron chi connectivity index (χ4n) is 3.59. The Hall–Kier alpha value is -1.76. The van der Waals surface area contributed by atoms with Gasteiger partial charge < -0.3 is 9.64 Å². The molecule has 0 radical (unpaired) electrons. The van der Waals surface area contributed by atoms with Crippen LogP contribution in [0.1, 0.15) is 31.2 Å². The van der Waals surface area contributed by atoms with Crippen molar-refractivity contribution in [3.8, 4) is 5.75 Å². The molecule has 7 heteroatoms. The number of benzene rings is 1. The molecule has 0 N–H and O–H groups in total. The van der Waals surface area contributed by atoms with Crippen molar-refractivity contribution in [3.63, 3.8) is 0 Å². The van der Waals surface area contributed by atoms with Gasteiger partial charge in [0, 0.05) is 25.6 Å². The lowest BCUT2D eigenvalue weighted by Crippen LogP contribution is -2.41. The molecule has 2 aliphatic heterocycles. The van der Waals surface area contributed by atoms with Crippen molar-refractivity contribution in [2.45, 2.75) is 38.6 Å². The summed E-state index contributed by atoms with van der Waals surface area (Å²) in [6.45, 7) is 4.14. The van der Waals surface area contributed by atoms with Crippen molar-refractivity contribution in [1.29, 1.82) is 0 Å². The van der Waals surface area contributed by atoms with Gasteiger partial charge in [-0.2, -0.15) is 0 Å². The van der Waals surface area contributed by atoms with Gasteiger partial charge in [-0.25, -0.2) is 0 Å². The summed E-state index contributed by atoms with van der Waals surface area (Å²) in [5.41, 5.74) is 0.943. The van der Waals surface area contributed by atoms with Crippen molar-refractivity contribution >= 4 is 5.91 Å². The van der Waals surface area contributed by atoms with Crippen LogP contribution < -0.4 is 4.74 Å². The van der Waals surface area contributed by atoms with Crippen LogP contribution >= 0.6 is 0 Å². The van der Waals surface area contributed by atoms with Crippen LogP contribution in [-0.2, 0) is 11.3 Å². The van der Waals surface area contributed by atoms with Gasteiger partial charge in [-0.1, -0.05) is 12.1 Å². The first-order valence-corrected chi connectivity index (χ1v) is 8.76. The third-order valence-corrected chi connectivity index (χ3v) is 4.92. The number of halogens is 3. The molecular formula is C18H23F3N2O2. The average molecular weight is 356 g/mol. The smallest absolute Gasteiger partial charge is 0.406 e. The fraction of sp³-hybridized carbons (Fsp3) is 0.611. The summed E-state index contributed by atoms with van der Waals surface area (Å²) >= 11 is 0. The van der Waals surface area contributed by atoms with E-state index in [1.54, 1.807) is 12.1 Å². The molecule has 0 bridgehead atoms. The molecule has 0 spiro atoms. The predicted molar refractivity (Wildman–Crippen MR) is 86.9 cm³/mol. The monoisotopic (exact) mass is 356 g/mol. The van der Waals surface area contributed by atoms with Crippen LogP contribution in [0.2, 0.25) is 0 Å². The van der Waals surface area contributed by atoms with Gasteiger partial charge in [0.2, 0.25) is 5.91 Å². The van der Waals surface area contributed by atoms with E-state index in [0.717, 1.165) is 57.4 Å². The Morgan fingerprint density at radius 1 is 1.04 bits per heavy atom. The first-order chi connectivity index (χ1) is 11.9. The standard InChI is InChI=1S/C18H23F3N2O2/c19-18(20,21)25-16-5-3-14(4-6-16)13-22-11-7-15(8-12-22)17(24)23-9-1-2-10-23/h3-6,15H,1-2,7-13H2. The Morgan fingerprint density at radius 2 is 1.64 bits per heavy atom. The van der Waals surface area contributed by atoms with Gasteiger partial charge in [-0.3, -0.25) is 9.69 Å². The van der Waals surface area contributed by atoms with Crippen LogP contribution in [0.4, 0.5) is 13.2 Å². The quantitative estimate of drug-likeness (QED) is 0.829. The van der Waals surface area contributed by atoms with Crippen LogP contribution in [0.3, 0.4) is 0 Å². The van der Waals surface area contributed by atoms with Gasteiger partial charge in [0.05, 0.1) is 0 Å². The number of hydrogen-bond acceptors (Lipinski definition) is 3. The SMILES string of the molecule is O=C(C1CCN(Cc2ccc(OC(F)(F)F)cc2)CC1)N1CCCC1. The maximum absolute atomic E-state index is 12.4. The van der Waals surface area contributed by atoms with Gasteiger partial charge >= 0.3 is 6.36 Å². The second-order valence-corrected chi connectivity index (χ2v) is 6.77. The minimum absolute atomic E-state index is 0.122. The second-order valence-electron chi connectivity index (χ2n) is 6.77. The zero-order valence-electron chi connectivity index (χ0n) is 14.1. The molecule has 0 saturated carbocycles. The first kappa shape index (κ1) is 18.0. The highest BCUT2D eigenvalue weighted by Gasteiger charge is 2.31. The van der Waals surface area contributed by atoms with Crippen LogP contribution in [0.15, 0.2) is 24.3 Å². The minimum Gasteiger partial charge on any atom is -0.406 e. The van der Waals surface area contributed by atoms with Crippen molar-refractivity contribution in [1.82, 2.24) is 9.80 Å². The topological polar surface area (TPSA) is 32.8 Å². The molecule has 1 amide bonds. The van der Waals surface area contributed by atoms with Gasteiger partial charge in [0.1, 0.15) is 5.75 Å². The van der Waals surface area contributed by atoms with Gasteiger partial charge in [-0.05, 0) is 56.5 Å². The number of piperidine rings is 1. The molecule has 2 aliphatic rings. The van der Waals surface area contributed by atoms with E-state index in [9.17, 15) is 18.0 Å². The number of rotatable bonds is 4. The van der Waals surface area contributed by atoms with Gasteiger partial charge in [0.25, 0.3) is 0 Å². The van der Waals surface area contributed by atoms with Crippen LogP contribution in [0.25, 0.3) is 0 Å². The lowest BCUT2D eigenvalue weighted by Gasteiger charge is -2.33. The summed E-state index contributed by atoms with van der Waals surface area (Å²) in [7, 11) is 0. The van der Waals surface area contributed by atoms with Gasteiger partial charge in [0.15, 0.2) is 0 Å². The molecular weight excluding hydrogens is 333 g/mol. The van der Waals surface area contributed by atoms with E-state index in [0.29, 0.717) is 12.5 Å². The number of carbonyl (C=O) groups is 1. The number of alkyl halides is 3. The van der Waals surface area contributed by atoms with E-state index >= 15 is 0 Å². The number of ether oxygens (including phenoxy) is 1. The molecule has 2 heterocycles. The van der Waals surface area contributed by atoms with E-state index < -0.39 is 6.36 Å². The van der Waals surface area contributed by atoms with Crippen molar-refractivity contribution < 1.29 is 22.7 Å². The summed E-state index contributed by atoms with van der Waals surface area (Å²) in [4.78, 5) is 16.6. The molecule has 1 aromatic rings. The first-order valence-electron chi connectivity index (χ1n) is 8.76. The Bertz CT molecular complexity index is 575. The third-order valence-electron chi connectivity index (χ3n) is 4.92. The number of hydrogen-bond donors (Lipinski definition) is 0. The Morgan fingerprint density at radius 3 is 2.20 bits per heavy atom. The highest BCUT2D eigenvalue weighted by molar-refractivity contribution is 5.79. The highest BCUT2D eigenvalue weighted by atomic mass is 19.4. The average Bonchev–Trinajstić information content (AvgIpc) is 3.10. The Balaban J connectivity index is 1.46. The van der Waals surface area contributed by atoms with E-state index in [1.807, 2.05) is 4.90 Å². The van der Waals surface area contributed by atoms with Crippen molar-refractivity contribution in [2.75, 3.05) is 26.2 Å². The predicted octanol–water partition coefficient (Wildman–Crippen LogP) is 3.42. The lowest BCUT2D eigenvalue weighted by atomic mass is 9.95. The minimum atomic E-state index is -4.66. The zero-order chi connectivity index (χ0) is 17.9. The highest BCUT2D eigenvalue weighted by Crippen LogP contribution is 2.25. The number of nitrogens with zero attached hydrogens (tertiary/aromatic N) is 2. The molecule has 4 nitrogen and oxygen atoms in total. The van der Waals surface area contributed by atoms with Crippen LogP contribution in [-0.4, -0.2) is 48.2 Å². The molecule has 2 saturated heterocycles. The lowest BCUT2D eigenvalue weighted by molar-refractivity contribution is -0.274. The molecule has 138 valence electrons. The van der Waals surface area contributed by atoms with E-state index in [-0.39, 0.29) is 11.7 Å². The van der Waals surface area contributed by atoms with E-state index in [1.165, 1.54) is 12.1 Å². The zero-order valence-corrected chi connectivity index (χ0v) is 14.1. The maximum Gasteiger partial charge on any atom is 0.573 e. The summed E-state index contributed by atoms with van der Waals surface area (Å²) < 4.78 is 40.4. The van der Waals surface area contributed by atoms with Gasteiger partial charge in [-0.15, -0.1) is 13.2 Å². The molecule has 0 unspecified atom stereocenters. The Labute approximate surface area is 145 Å². The number of likely N-dealkylation sites (tertiary alicyclic amines) is 2. The normalized spacial score (nSPS) is 20.0. The molecule has 3 rings (SSSR count). The molecule has 0 atom stereocenters. The maximum atomic E-state index is 12.4. The summed E-state index contributed by atoms with van der Waals surface area (Å²) in [5, 5.41) is 0. The second kappa shape index (κ2) is 7.64. The summed E-state index contributed by atoms with van der Waals surface area (Å²) in [6, 6.07) is 5.99. The molecule has 0 aliphatic carbocycles. The van der Waals surface area contributed by atoms with E-state index in [2.05, 4.69) is 9.64 Å². The third kappa shape index (κ3) is 5.11. The molecule has 25 heavy (non-hydrogen) atoms. The van der Waals surface area contributed by atoms with Crippen LogP contribution in [0.5, 0.6) is 5.75 Å². The number of amides is 1. The number of carbonyl (C=O) groups excluding carboxylic acids is 1. The van der Waals surface area contributed by atoms with Crippen molar-refractivity contribution in [2.24, 2.45) is 5.92 Å². The molecule has 2 fully saturated rings. The summed E-state index contributed by atoms with van der Waals surface area (Å²) in [5.74, 6) is 0.217. The van der Waals surface area contributed by atoms with E-state index in [4.69, 9.17) is 0 Å². The fourth-order valence-corrected chi connectivity index (χ4v) is 3.59. The van der Waals surface area contributed by atoms with Crippen molar-refractivity contribution in [3.05, 3.63) is 29.8 Å². The Kier molecular flexibility index (Phi) is 5.51. The molecule has 1 aromatic carbocycles. The summed E-state index contributed by atoms with van der Waals surface area (Å²) in [6.07, 6.45) is -0.738. The largest absolute Gasteiger partial charge is 0.573 e.